The average molecular weight is 490 g/mol. The molecule has 10 nitrogen and oxygen atoms in total. The molecule has 0 radical (unpaired) electrons. The lowest BCUT2D eigenvalue weighted by atomic mass is 10.2. The molecule has 33 heavy (non-hydrogen) atoms. The van der Waals surface area contributed by atoms with Crippen LogP contribution in [0.15, 0.2) is 58.2 Å². The Morgan fingerprint density at radius 3 is 2.55 bits per heavy atom. The number of hydrogen-bond donors (Lipinski definition) is 2. The zero-order valence-corrected chi connectivity index (χ0v) is 19.5. The van der Waals surface area contributed by atoms with Gasteiger partial charge in [0.2, 0.25) is 21.8 Å². The standard InChI is InChI=1S/C21H23N5O5S2/c1-33(28,29)25-16-8-6-15(7-9-16)20-23-24-21(31-20)32-14-19(27)22-17-4-2-3-5-18(17)26-10-12-30-13-11-26/h2-9,25H,10-14H2,1H3,(H,22,27). The molecule has 1 aromatic heterocycles. The Balaban J connectivity index is 1.34. The van der Waals surface area contributed by atoms with Gasteiger partial charge in [0, 0.05) is 24.3 Å². The number of hydrogen-bond acceptors (Lipinski definition) is 9. The van der Waals surface area contributed by atoms with Gasteiger partial charge >= 0.3 is 0 Å². The molecule has 1 aliphatic heterocycles. The minimum atomic E-state index is -3.35. The van der Waals surface area contributed by atoms with Crippen LogP contribution in [0.2, 0.25) is 0 Å². The van der Waals surface area contributed by atoms with Crippen LogP contribution in [0.5, 0.6) is 0 Å². The number of nitrogens with zero attached hydrogens (tertiary/aromatic N) is 3. The number of aromatic nitrogens is 2. The molecule has 0 aliphatic carbocycles. The number of carbonyl (C=O) groups excluding carboxylic acids is 1. The summed E-state index contributed by atoms with van der Waals surface area (Å²) in [6.45, 7) is 2.87. The molecule has 1 saturated heterocycles. The van der Waals surface area contributed by atoms with Crippen molar-refractivity contribution < 1.29 is 22.4 Å². The molecule has 174 valence electrons. The molecule has 0 saturated carbocycles. The predicted molar refractivity (Wildman–Crippen MR) is 127 cm³/mol. The van der Waals surface area contributed by atoms with Crippen LogP contribution >= 0.6 is 11.8 Å². The van der Waals surface area contributed by atoms with E-state index in [2.05, 4.69) is 25.1 Å². The van der Waals surface area contributed by atoms with E-state index in [9.17, 15) is 13.2 Å². The van der Waals surface area contributed by atoms with Gasteiger partial charge in [-0.05, 0) is 36.4 Å². The largest absolute Gasteiger partial charge is 0.411 e. The Morgan fingerprint density at radius 2 is 1.82 bits per heavy atom. The number of benzene rings is 2. The fraction of sp³-hybridized carbons (Fsp3) is 0.286. The van der Waals surface area contributed by atoms with Gasteiger partial charge in [-0.15, -0.1) is 10.2 Å². The van der Waals surface area contributed by atoms with E-state index in [1.807, 2.05) is 24.3 Å². The highest BCUT2D eigenvalue weighted by Crippen LogP contribution is 2.28. The van der Waals surface area contributed by atoms with E-state index in [4.69, 9.17) is 9.15 Å². The first-order valence-corrected chi connectivity index (χ1v) is 13.0. The monoisotopic (exact) mass is 489 g/mol. The quantitative estimate of drug-likeness (QED) is 0.459. The van der Waals surface area contributed by atoms with Gasteiger partial charge in [-0.2, -0.15) is 0 Å². The number of anilines is 3. The minimum absolute atomic E-state index is 0.107. The van der Waals surface area contributed by atoms with E-state index in [1.54, 1.807) is 24.3 Å². The summed E-state index contributed by atoms with van der Waals surface area (Å²) >= 11 is 1.14. The molecule has 0 bridgehead atoms. The molecule has 0 unspecified atom stereocenters. The van der Waals surface area contributed by atoms with Crippen molar-refractivity contribution in [3.8, 4) is 11.5 Å². The molecule has 0 spiro atoms. The Bertz CT molecular complexity index is 1210. The second-order valence-corrected chi connectivity index (χ2v) is 9.95. The lowest BCUT2D eigenvalue weighted by Crippen LogP contribution is -2.36. The summed E-state index contributed by atoms with van der Waals surface area (Å²) in [6.07, 6.45) is 1.08. The Morgan fingerprint density at radius 1 is 1.09 bits per heavy atom. The average Bonchev–Trinajstić information content (AvgIpc) is 3.27. The zero-order chi connectivity index (χ0) is 23.3. The molecule has 3 aromatic rings. The minimum Gasteiger partial charge on any atom is -0.411 e. The fourth-order valence-corrected chi connectivity index (χ4v) is 4.38. The summed E-state index contributed by atoms with van der Waals surface area (Å²) in [7, 11) is -3.35. The summed E-state index contributed by atoms with van der Waals surface area (Å²) in [5.41, 5.74) is 2.79. The molecule has 2 N–H and O–H groups in total. The number of rotatable bonds is 8. The first-order valence-electron chi connectivity index (χ1n) is 10.1. The second kappa shape index (κ2) is 10.2. The maximum absolute atomic E-state index is 12.5. The number of nitrogens with one attached hydrogen (secondary N) is 2. The molecule has 0 atom stereocenters. The van der Waals surface area contributed by atoms with E-state index in [-0.39, 0.29) is 22.8 Å². The Kier molecular flexibility index (Phi) is 7.16. The normalized spacial score (nSPS) is 14.2. The summed E-state index contributed by atoms with van der Waals surface area (Å²) in [6, 6.07) is 14.2. The third kappa shape index (κ3) is 6.46. The van der Waals surface area contributed by atoms with E-state index in [1.165, 1.54) is 0 Å². The molecule has 2 aromatic carbocycles. The lowest BCUT2D eigenvalue weighted by Gasteiger charge is -2.30. The van der Waals surface area contributed by atoms with Crippen molar-refractivity contribution in [2.75, 3.05) is 53.3 Å². The highest BCUT2D eigenvalue weighted by Gasteiger charge is 2.17. The van der Waals surface area contributed by atoms with Crippen LogP contribution in [0.25, 0.3) is 11.5 Å². The van der Waals surface area contributed by atoms with Crippen molar-refractivity contribution >= 4 is 44.8 Å². The Labute approximate surface area is 195 Å². The molecular weight excluding hydrogens is 466 g/mol. The SMILES string of the molecule is CS(=O)(=O)Nc1ccc(-c2nnc(SCC(=O)Nc3ccccc3N3CCOCC3)o2)cc1. The van der Waals surface area contributed by atoms with Crippen molar-refractivity contribution in [2.45, 2.75) is 5.22 Å². The molecule has 1 amide bonds. The number of para-hydroxylation sites is 2. The van der Waals surface area contributed by atoms with E-state index >= 15 is 0 Å². The fourth-order valence-electron chi connectivity index (χ4n) is 3.25. The highest BCUT2D eigenvalue weighted by atomic mass is 32.2. The van der Waals surface area contributed by atoms with E-state index < -0.39 is 10.0 Å². The number of ether oxygens (including phenoxy) is 1. The van der Waals surface area contributed by atoms with Gasteiger partial charge in [-0.1, -0.05) is 23.9 Å². The number of amides is 1. The topological polar surface area (TPSA) is 127 Å². The third-order valence-corrected chi connectivity index (χ3v) is 6.12. The number of sulfonamides is 1. The van der Waals surface area contributed by atoms with Gasteiger partial charge in [0.25, 0.3) is 5.22 Å². The second-order valence-electron chi connectivity index (χ2n) is 7.28. The van der Waals surface area contributed by atoms with Gasteiger partial charge in [0.15, 0.2) is 0 Å². The summed E-state index contributed by atoms with van der Waals surface area (Å²) in [5, 5.41) is 11.2. The van der Waals surface area contributed by atoms with Crippen LogP contribution in [0.3, 0.4) is 0 Å². The summed E-state index contributed by atoms with van der Waals surface area (Å²) < 4.78 is 36.0. The first kappa shape index (κ1) is 23.1. The molecule has 2 heterocycles. The van der Waals surface area contributed by atoms with Gasteiger partial charge < -0.3 is 19.4 Å². The van der Waals surface area contributed by atoms with Crippen LogP contribution in [0.4, 0.5) is 17.1 Å². The van der Waals surface area contributed by atoms with Crippen LogP contribution in [0, 0.1) is 0 Å². The molecule has 1 aliphatic rings. The van der Waals surface area contributed by atoms with Crippen LogP contribution in [-0.4, -0.2) is 62.8 Å². The van der Waals surface area contributed by atoms with Crippen LogP contribution in [0.1, 0.15) is 0 Å². The number of thioether (sulfide) groups is 1. The molecular formula is C21H23N5O5S2. The molecule has 1 fully saturated rings. The number of morpholine rings is 1. The van der Waals surface area contributed by atoms with Crippen molar-refractivity contribution in [2.24, 2.45) is 0 Å². The third-order valence-electron chi connectivity index (χ3n) is 4.70. The van der Waals surface area contributed by atoms with Crippen LogP contribution < -0.4 is 14.9 Å². The Hall–Kier alpha value is -3.09. The van der Waals surface area contributed by atoms with Gasteiger partial charge in [0.1, 0.15) is 0 Å². The van der Waals surface area contributed by atoms with Crippen molar-refractivity contribution in [1.29, 1.82) is 0 Å². The smallest absolute Gasteiger partial charge is 0.277 e. The van der Waals surface area contributed by atoms with Crippen molar-refractivity contribution in [1.82, 2.24) is 10.2 Å². The maximum atomic E-state index is 12.5. The van der Waals surface area contributed by atoms with Gasteiger partial charge in [-0.3, -0.25) is 9.52 Å². The van der Waals surface area contributed by atoms with Gasteiger partial charge in [-0.25, -0.2) is 8.42 Å². The molecule has 12 heteroatoms. The summed E-state index contributed by atoms with van der Waals surface area (Å²) in [5.74, 6) is 0.203. The van der Waals surface area contributed by atoms with Gasteiger partial charge in [0.05, 0.1) is 36.6 Å². The van der Waals surface area contributed by atoms with E-state index in [0.29, 0.717) is 24.5 Å². The molecule has 4 rings (SSSR count). The lowest BCUT2D eigenvalue weighted by molar-refractivity contribution is -0.113. The van der Waals surface area contributed by atoms with Crippen molar-refractivity contribution in [3.63, 3.8) is 0 Å². The summed E-state index contributed by atoms with van der Waals surface area (Å²) in [4.78, 5) is 14.7. The van der Waals surface area contributed by atoms with E-state index in [0.717, 1.165) is 42.5 Å². The highest BCUT2D eigenvalue weighted by molar-refractivity contribution is 7.99. The van der Waals surface area contributed by atoms with Crippen molar-refractivity contribution in [3.05, 3.63) is 48.5 Å². The predicted octanol–water partition coefficient (Wildman–Crippen LogP) is 2.68. The van der Waals surface area contributed by atoms with Crippen LogP contribution in [-0.2, 0) is 19.6 Å². The zero-order valence-electron chi connectivity index (χ0n) is 17.9. The number of carbonyl (C=O) groups is 1. The first-order chi connectivity index (χ1) is 15.9. The maximum Gasteiger partial charge on any atom is 0.277 e.